The Morgan fingerprint density at radius 2 is 1.76 bits per heavy atom. The van der Waals surface area contributed by atoms with Crippen molar-refractivity contribution in [2.75, 3.05) is 7.11 Å². The number of pyridine rings is 2. The fourth-order valence-corrected chi connectivity index (χ4v) is 3.93. The van der Waals surface area contributed by atoms with Gasteiger partial charge in [0, 0.05) is 17.3 Å². The van der Waals surface area contributed by atoms with Gasteiger partial charge in [0.1, 0.15) is 17.1 Å². The van der Waals surface area contributed by atoms with E-state index in [9.17, 15) is 4.39 Å². The van der Waals surface area contributed by atoms with Crippen LogP contribution in [0, 0.1) is 5.82 Å². The van der Waals surface area contributed by atoms with Gasteiger partial charge < -0.3 is 9.72 Å². The van der Waals surface area contributed by atoms with E-state index in [1.165, 1.54) is 12.1 Å². The van der Waals surface area contributed by atoms with E-state index in [1.54, 1.807) is 25.6 Å². The smallest absolute Gasteiger partial charge is 0.161 e. The van der Waals surface area contributed by atoms with Gasteiger partial charge in [-0.15, -0.1) is 0 Å². The zero-order valence-electron chi connectivity index (χ0n) is 17.5. The predicted octanol–water partition coefficient (Wildman–Crippen LogP) is 5.38. The lowest BCUT2D eigenvalue weighted by Gasteiger charge is -2.03. The van der Waals surface area contributed by atoms with Crippen molar-refractivity contribution >= 4 is 22.1 Å². The number of hydrogen-bond acceptors (Lipinski definition) is 5. The average Bonchev–Trinajstić information content (AvgIpc) is 3.47. The van der Waals surface area contributed by atoms with E-state index in [0.717, 1.165) is 38.9 Å². The molecule has 0 aliphatic rings. The first-order valence-corrected chi connectivity index (χ1v) is 10.3. The van der Waals surface area contributed by atoms with E-state index >= 15 is 0 Å². The third kappa shape index (κ3) is 3.28. The van der Waals surface area contributed by atoms with Gasteiger partial charge in [-0.25, -0.2) is 14.4 Å². The standard InChI is InChI=1S/C25H17FN6O/c1-33-17-11-15(12-27-13-17)19-8-9-21-23(28-19)24(32-31-21)25-29-20-7-3-6-18(22(20)30-25)14-4-2-5-16(26)10-14/h2-13H,1H3,(H,29,30)(H,31,32). The molecule has 8 heteroatoms. The van der Waals surface area contributed by atoms with E-state index < -0.39 is 0 Å². The van der Waals surface area contributed by atoms with Gasteiger partial charge in [-0.3, -0.25) is 10.1 Å². The fraction of sp³-hybridized carbons (Fsp3) is 0.0400. The lowest BCUT2D eigenvalue weighted by atomic mass is 10.0. The minimum absolute atomic E-state index is 0.290. The topological polar surface area (TPSA) is 92.4 Å². The Kier molecular flexibility index (Phi) is 4.36. The van der Waals surface area contributed by atoms with Gasteiger partial charge >= 0.3 is 0 Å². The molecule has 0 saturated carbocycles. The van der Waals surface area contributed by atoms with E-state index in [2.05, 4.69) is 20.2 Å². The highest BCUT2D eigenvalue weighted by Gasteiger charge is 2.17. The molecule has 4 heterocycles. The third-order valence-electron chi connectivity index (χ3n) is 5.52. The minimum atomic E-state index is -0.290. The van der Waals surface area contributed by atoms with Crippen molar-refractivity contribution < 1.29 is 9.13 Å². The number of aromatic nitrogens is 6. The Hall–Kier alpha value is -4.59. The SMILES string of the molecule is COc1cncc(-c2ccc3[nH]nc(-c4nc5c(-c6cccc(F)c6)cccc5[nH]4)c3n2)c1. The molecule has 2 N–H and O–H groups in total. The minimum Gasteiger partial charge on any atom is -0.495 e. The summed E-state index contributed by atoms with van der Waals surface area (Å²) in [7, 11) is 1.60. The number of para-hydroxylation sites is 1. The Morgan fingerprint density at radius 1 is 0.848 bits per heavy atom. The highest BCUT2D eigenvalue weighted by Crippen LogP contribution is 2.32. The van der Waals surface area contributed by atoms with Crippen molar-refractivity contribution in [2.24, 2.45) is 0 Å². The van der Waals surface area contributed by atoms with E-state index in [1.807, 2.05) is 42.5 Å². The maximum atomic E-state index is 13.8. The van der Waals surface area contributed by atoms with Crippen molar-refractivity contribution in [3.8, 4) is 39.7 Å². The van der Waals surface area contributed by atoms with Gasteiger partial charge in [0.15, 0.2) is 11.5 Å². The van der Waals surface area contributed by atoms with Gasteiger partial charge in [0.25, 0.3) is 0 Å². The number of hydrogen-bond donors (Lipinski definition) is 2. The average molecular weight is 436 g/mol. The number of imidazole rings is 1. The molecule has 0 aliphatic carbocycles. The second kappa shape index (κ2) is 7.52. The molecule has 0 spiro atoms. The first-order valence-electron chi connectivity index (χ1n) is 10.3. The molecule has 0 bridgehead atoms. The quantitative estimate of drug-likeness (QED) is 0.387. The van der Waals surface area contributed by atoms with Crippen LogP contribution in [-0.2, 0) is 0 Å². The van der Waals surface area contributed by atoms with Crippen molar-refractivity contribution in [2.45, 2.75) is 0 Å². The van der Waals surface area contributed by atoms with Crippen LogP contribution in [0.1, 0.15) is 0 Å². The summed E-state index contributed by atoms with van der Waals surface area (Å²) < 4.78 is 19.1. The first-order chi connectivity index (χ1) is 16.2. The molecule has 6 rings (SSSR count). The van der Waals surface area contributed by atoms with Crippen molar-refractivity contribution in [3.05, 3.63) is 78.9 Å². The summed E-state index contributed by atoms with van der Waals surface area (Å²) in [5, 5.41) is 7.49. The molecular weight excluding hydrogens is 419 g/mol. The maximum Gasteiger partial charge on any atom is 0.161 e. The van der Waals surface area contributed by atoms with Crippen LogP contribution in [-0.4, -0.2) is 37.2 Å². The van der Waals surface area contributed by atoms with Crippen LogP contribution in [0.2, 0.25) is 0 Å². The number of nitrogens with one attached hydrogen (secondary N) is 2. The molecule has 0 radical (unpaired) electrons. The highest BCUT2D eigenvalue weighted by atomic mass is 19.1. The van der Waals surface area contributed by atoms with Crippen LogP contribution in [0.3, 0.4) is 0 Å². The van der Waals surface area contributed by atoms with Gasteiger partial charge in [0.05, 0.1) is 35.6 Å². The summed E-state index contributed by atoms with van der Waals surface area (Å²) >= 11 is 0. The summed E-state index contributed by atoms with van der Waals surface area (Å²) in [6.07, 6.45) is 3.39. The second-order valence-corrected chi connectivity index (χ2v) is 7.58. The van der Waals surface area contributed by atoms with Gasteiger partial charge in [-0.2, -0.15) is 5.10 Å². The number of H-pyrrole nitrogens is 2. The molecular formula is C25H17FN6O. The van der Waals surface area contributed by atoms with Crippen LogP contribution in [0.15, 0.2) is 73.1 Å². The largest absolute Gasteiger partial charge is 0.495 e. The normalized spacial score (nSPS) is 11.3. The van der Waals surface area contributed by atoms with E-state index in [0.29, 0.717) is 22.8 Å². The second-order valence-electron chi connectivity index (χ2n) is 7.58. The predicted molar refractivity (Wildman–Crippen MR) is 124 cm³/mol. The number of nitrogens with zero attached hydrogens (tertiary/aromatic N) is 4. The number of ether oxygens (including phenoxy) is 1. The molecule has 2 aromatic carbocycles. The lowest BCUT2D eigenvalue weighted by Crippen LogP contribution is -1.89. The molecule has 0 aliphatic heterocycles. The fourth-order valence-electron chi connectivity index (χ4n) is 3.93. The van der Waals surface area contributed by atoms with E-state index in [-0.39, 0.29) is 5.82 Å². The molecule has 6 aromatic rings. The van der Waals surface area contributed by atoms with E-state index in [4.69, 9.17) is 14.7 Å². The number of rotatable bonds is 4. The van der Waals surface area contributed by atoms with Crippen molar-refractivity contribution in [1.82, 2.24) is 30.1 Å². The van der Waals surface area contributed by atoms with Crippen molar-refractivity contribution in [1.29, 1.82) is 0 Å². The van der Waals surface area contributed by atoms with Crippen LogP contribution in [0.4, 0.5) is 4.39 Å². The molecule has 0 saturated heterocycles. The van der Waals surface area contributed by atoms with Gasteiger partial charge in [0.2, 0.25) is 0 Å². The molecule has 4 aromatic heterocycles. The van der Waals surface area contributed by atoms with Gasteiger partial charge in [-0.1, -0.05) is 24.3 Å². The molecule has 0 fully saturated rings. The van der Waals surface area contributed by atoms with Crippen LogP contribution < -0.4 is 4.74 Å². The molecule has 7 nitrogen and oxygen atoms in total. The summed E-state index contributed by atoms with van der Waals surface area (Å²) in [5.41, 5.74) is 6.82. The monoisotopic (exact) mass is 436 g/mol. The van der Waals surface area contributed by atoms with Crippen molar-refractivity contribution in [3.63, 3.8) is 0 Å². The summed E-state index contributed by atoms with van der Waals surface area (Å²) in [6.45, 7) is 0. The number of aromatic amines is 2. The van der Waals surface area contributed by atoms with Crippen LogP contribution in [0.5, 0.6) is 5.75 Å². The third-order valence-corrected chi connectivity index (χ3v) is 5.52. The molecule has 0 unspecified atom stereocenters. The lowest BCUT2D eigenvalue weighted by molar-refractivity contribution is 0.413. The summed E-state index contributed by atoms with van der Waals surface area (Å²) in [4.78, 5) is 17.2. The number of halogens is 1. The summed E-state index contributed by atoms with van der Waals surface area (Å²) in [5.74, 6) is 0.944. The number of fused-ring (bicyclic) bond motifs is 2. The van der Waals surface area contributed by atoms with Crippen LogP contribution >= 0.6 is 0 Å². The highest BCUT2D eigenvalue weighted by molar-refractivity contribution is 5.96. The number of benzene rings is 2. The Balaban J connectivity index is 1.49. The molecule has 0 amide bonds. The Morgan fingerprint density at radius 3 is 2.64 bits per heavy atom. The summed E-state index contributed by atoms with van der Waals surface area (Å²) in [6, 6.07) is 18.0. The zero-order valence-corrected chi connectivity index (χ0v) is 17.5. The zero-order chi connectivity index (χ0) is 22.4. The molecule has 160 valence electrons. The van der Waals surface area contributed by atoms with Crippen LogP contribution in [0.25, 0.3) is 56.0 Å². The van der Waals surface area contributed by atoms with Gasteiger partial charge in [-0.05, 0) is 42.0 Å². The Labute approximate surface area is 187 Å². The Bertz CT molecular complexity index is 1640. The molecule has 33 heavy (non-hydrogen) atoms. The maximum absolute atomic E-state index is 13.8. The molecule has 0 atom stereocenters. The first kappa shape index (κ1) is 19.1. The number of methoxy groups -OCH3 is 1.